The maximum absolute atomic E-state index is 12.9. The second-order valence-corrected chi connectivity index (χ2v) is 9.20. The number of sulfone groups is 1. The molecule has 2 heterocycles. The zero-order chi connectivity index (χ0) is 16.4. The molecule has 1 saturated heterocycles. The largest absolute Gasteiger partial charge is 0.329 e. The van der Waals surface area contributed by atoms with Crippen LogP contribution in [0, 0.1) is 6.92 Å². The second kappa shape index (κ2) is 6.45. The van der Waals surface area contributed by atoms with Gasteiger partial charge in [0, 0.05) is 16.5 Å². The van der Waals surface area contributed by atoms with Crippen molar-refractivity contribution in [2.75, 3.05) is 11.5 Å². The number of carbonyl (C=O) groups excluding carboxylic acids is 1. The summed E-state index contributed by atoms with van der Waals surface area (Å²) in [6, 6.07) is 11.1. The van der Waals surface area contributed by atoms with Gasteiger partial charge in [0.05, 0.1) is 18.1 Å². The Balaban J connectivity index is 1.88. The fraction of sp³-hybridized carbons (Fsp3) is 0.353. The third-order valence-electron chi connectivity index (χ3n) is 4.11. The van der Waals surface area contributed by atoms with Gasteiger partial charge in [0.1, 0.15) is 0 Å². The highest BCUT2D eigenvalue weighted by atomic mass is 32.2. The Morgan fingerprint density at radius 2 is 2.00 bits per heavy atom. The lowest BCUT2D eigenvalue weighted by Crippen LogP contribution is -2.40. The van der Waals surface area contributed by atoms with E-state index in [1.54, 1.807) is 16.2 Å². The average Bonchev–Trinajstić information content (AvgIpc) is 3.14. The van der Waals surface area contributed by atoms with Gasteiger partial charge in [-0.3, -0.25) is 4.79 Å². The molecule has 23 heavy (non-hydrogen) atoms. The van der Waals surface area contributed by atoms with E-state index >= 15 is 0 Å². The number of nitrogens with zero attached hydrogens (tertiary/aromatic N) is 1. The molecule has 2 aromatic rings. The minimum absolute atomic E-state index is 0.0655. The van der Waals surface area contributed by atoms with Crippen molar-refractivity contribution >= 4 is 27.1 Å². The summed E-state index contributed by atoms with van der Waals surface area (Å²) in [6.07, 6.45) is 0.519. The van der Waals surface area contributed by atoms with Crippen LogP contribution in [0.4, 0.5) is 0 Å². The Kier molecular flexibility index (Phi) is 4.55. The Morgan fingerprint density at radius 3 is 2.57 bits per heavy atom. The molecule has 1 atom stereocenters. The van der Waals surface area contributed by atoms with E-state index in [0.717, 1.165) is 10.4 Å². The van der Waals surface area contributed by atoms with E-state index < -0.39 is 9.84 Å². The first-order valence-corrected chi connectivity index (χ1v) is 10.3. The standard InChI is InChI=1S/C17H19NO3S2/c1-13-4-6-14(7-5-13)17(19)18(11-16-3-2-9-22-16)15-8-10-23(20,21)12-15/h2-7,9,15H,8,10-12H2,1H3/t15-/m0/s1. The molecular formula is C17H19NO3S2. The third kappa shape index (κ3) is 3.82. The van der Waals surface area contributed by atoms with Gasteiger partial charge in [-0.2, -0.15) is 0 Å². The average molecular weight is 349 g/mol. The van der Waals surface area contributed by atoms with E-state index in [4.69, 9.17) is 0 Å². The van der Waals surface area contributed by atoms with Gasteiger partial charge in [-0.05, 0) is 36.9 Å². The van der Waals surface area contributed by atoms with Crippen LogP contribution in [-0.2, 0) is 16.4 Å². The molecule has 0 saturated carbocycles. The number of thiophene rings is 1. The van der Waals surface area contributed by atoms with Gasteiger partial charge in [-0.25, -0.2) is 8.42 Å². The number of aryl methyl sites for hydroxylation is 1. The summed E-state index contributed by atoms with van der Waals surface area (Å²) >= 11 is 1.58. The molecular weight excluding hydrogens is 330 g/mol. The molecule has 0 aliphatic carbocycles. The zero-order valence-electron chi connectivity index (χ0n) is 12.9. The minimum Gasteiger partial charge on any atom is -0.329 e. The van der Waals surface area contributed by atoms with Gasteiger partial charge < -0.3 is 4.90 Å². The van der Waals surface area contributed by atoms with Crippen molar-refractivity contribution < 1.29 is 13.2 Å². The molecule has 1 amide bonds. The van der Waals surface area contributed by atoms with E-state index in [1.165, 1.54) is 0 Å². The van der Waals surface area contributed by atoms with Crippen LogP contribution in [0.25, 0.3) is 0 Å². The van der Waals surface area contributed by atoms with Crippen LogP contribution in [0.5, 0.6) is 0 Å². The first kappa shape index (κ1) is 16.2. The lowest BCUT2D eigenvalue weighted by atomic mass is 10.1. The number of rotatable bonds is 4. The molecule has 1 fully saturated rings. The van der Waals surface area contributed by atoms with Crippen LogP contribution in [0.2, 0.25) is 0 Å². The summed E-state index contributed by atoms with van der Waals surface area (Å²) in [4.78, 5) is 15.7. The van der Waals surface area contributed by atoms with E-state index in [0.29, 0.717) is 18.5 Å². The van der Waals surface area contributed by atoms with Gasteiger partial charge in [0.15, 0.2) is 9.84 Å². The van der Waals surface area contributed by atoms with Gasteiger partial charge in [0.2, 0.25) is 0 Å². The van der Waals surface area contributed by atoms with Crippen LogP contribution in [0.15, 0.2) is 41.8 Å². The van der Waals surface area contributed by atoms with Gasteiger partial charge >= 0.3 is 0 Å². The van der Waals surface area contributed by atoms with E-state index in [2.05, 4.69) is 0 Å². The lowest BCUT2D eigenvalue weighted by Gasteiger charge is -2.28. The minimum atomic E-state index is -3.03. The number of amides is 1. The maximum atomic E-state index is 12.9. The maximum Gasteiger partial charge on any atom is 0.254 e. The van der Waals surface area contributed by atoms with Gasteiger partial charge in [-0.15, -0.1) is 11.3 Å². The first-order chi connectivity index (χ1) is 10.9. The van der Waals surface area contributed by atoms with Crippen molar-refractivity contribution in [3.8, 4) is 0 Å². The molecule has 0 N–H and O–H groups in total. The molecule has 3 rings (SSSR count). The van der Waals surface area contributed by atoms with Crippen molar-refractivity contribution in [1.29, 1.82) is 0 Å². The van der Waals surface area contributed by atoms with Crippen LogP contribution in [-0.4, -0.2) is 36.8 Å². The SMILES string of the molecule is Cc1ccc(C(=O)N(Cc2cccs2)[C@H]2CCS(=O)(=O)C2)cc1. The number of carbonyl (C=O) groups is 1. The molecule has 0 unspecified atom stereocenters. The smallest absolute Gasteiger partial charge is 0.254 e. The van der Waals surface area contributed by atoms with Crippen LogP contribution >= 0.6 is 11.3 Å². The molecule has 6 heteroatoms. The number of benzene rings is 1. The van der Waals surface area contributed by atoms with Crippen LogP contribution in [0.1, 0.15) is 27.2 Å². The first-order valence-electron chi connectivity index (χ1n) is 7.55. The van der Waals surface area contributed by atoms with Gasteiger partial charge in [-0.1, -0.05) is 23.8 Å². The highest BCUT2D eigenvalue weighted by Gasteiger charge is 2.35. The normalized spacial score (nSPS) is 19.6. The quantitative estimate of drug-likeness (QED) is 0.853. The van der Waals surface area contributed by atoms with E-state index in [1.807, 2.05) is 48.7 Å². The van der Waals surface area contributed by atoms with Crippen molar-refractivity contribution in [1.82, 2.24) is 4.90 Å². The molecule has 122 valence electrons. The Bertz CT molecular complexity index is 780. The van der Waals surface area contributed by atoms with Crippen molar-refractivity contribution in [3.05, 3.63) is 57.8 Å². The molecule has 0 radical (unpaired) electrons. The van der Waals surface area contributed by atoms with Crippen LogP contribution in [0.3, 0.4) is 0 Å². The van der Waals surface area contributed by atoms with E-state index in [9.17, 15) is 13.2 Å². The summed E-state index contributed by atoms with van der Waals surface area (Å²) in [5.74, 6) is 0.135. The monoisotopic (exact) mass is 349 g/mol. The summed E-state index contributed by atoms with van der Waals surface area (Å²) in [5.41, 5.74) is 1.70. The topological polar surface area (TPSA) is 54.5 Å². The Hall–Kier alpha value is -1.66. The summed E-state index contributed by atoms with van der Waals surface area (Å²) in [7, 11) is -3.03. The fourth-order valence-corrected chi connectivity index (χ4v) is 5.25. The van der Waals surface area contributed by atoms with Crippen molar-refractivity contribution in [2.24, 2.45) is 0 Å². The third-order valence-corrected chi connectivity index (χ3v) is 6.73. The fourth-order valence-electron chi connectivity index (χ4n) is 2.82. The Morgan fingerprint density at radius 1 is 1.26 bits per heavy atom. The predicted molar refractivity (Wildman–Crippen MR) is 92.4 cm³/mol. The highest BCUT2D eigenvalue weighted by molar-refractivity contribution is 7.91. The number of hydrogen-bond acceptors (Lipinski definition) is 4. The van der Waals surface area contributed by atoms with E-state index in [-0.39, 0.29) is 23.5 Å². The number of hydrogen-bond donors (Lipinski definition) is 0. The molecule has 1 aromatic carbocycles. The van der Waals surface area contributed by atoms with Gasteiger partial charge in [0.25, 0.3) is 5.91 Å². The van der Waals surface area contributed by atoms with Crippen molar-refractivity contribution in [3.63, 3.8) is 0 Å². The lowest BCUT2D eigenvalue weighted by molar-refractivity contribution is 0.0683. The predicted octanol–water partition coefficient (Wildman–Crippen LogP) is 2.89. The summed E-state index contributed by atoms with van der Waals surface area (Å²) < 4.78 is 23.6. The Labute approximate surface area is 140 Å². The molecule has 0 spiro atoms. The second-order valence-electron chi connectivity index (χ2n) is 5.94. The zero-order valence-corrected chi connectivity index (χ0v) is 14.6. The summed E-state index contributed by atoms with van der Waals surface area (Å²) in [6.45, 7) is 2.44. The molecule has 4 nitrogen and oxygen atoms in total. The summed E-state index contributed by atoms with van der Waals surface area (Å²) in [5, 5.41) is 1.97. The molecule has 1 aliphatic rings. The van der Waals surface area contributed by atoms with Crippen molar-refractivity contribution in [2.45, 2.75) is 25.9 Å². The van der Waals surface area contributed by atoms with Crippen LogP contribution < -0.4 is 0 Å². The highest BCUT2D eigenvalue weighted by Crippen LogP contribution is 2.24. The molecule has 1 aliphatic heterocycles. The molecule has 0 bridgehead atoms. The molecule has 1 aromatic heterocycles.